The second-order valence-corrected chi connectivity index (χ2v) is 8.56. The molecule has 0 saturated carbocycles. The van der Waals surface area contributed by atoms with Crippen molar-refractivity contribution in [2.75, 3.05) is 44.7 Å². The number of carbonyl (C=O) groups excluding carboxylic acids is 2. The predicted octanol–water partition coefficient (Wildman–Crippen LogP) is 3.16. The second-order valence-electron chi connectivity index (χ2n) is 8.56. The van der Waals surface area contributed by atoms with Crippen molar-refractivity contribution in [3.63, 3.8) is 0 Å². The maximum absolute atomic E-state index is 12.8. The van der Waals surface area contributed by atoms with Gasteiger partial charge in [0, 0.05) is 44.1 Å². The smallest absolute Gasteiger partial charge is 0.338 e. The topological polar surface area (TPSA) is 73.9 Å². The maximum atomic E-state index is 12.8. The van der Waals surface area contributed by atoms with Gasteiger partial charge in [-0.1, -0.05) is 49.4 Å². The van der Waals surface area contributed by atoms with Crippen LogP contribution >= 0.6 is 0 Å². The zero-order valence-electron chi connectivity index (χ0n) is 19.6. The lowest BCUT2D eigenvalue weighted by molar-refractivity contribution is -0.136. The van der Waals surface area contributed by atoms with E-state index in [0.717, 1.165) is 38.2 Å². The number of esters is 1. The minimum atomic E-state index is -0.541. The number of piperazine rings is 1. The van der Waals surface area contributed by atoms with E-state index < -0.39 is 12.0 Å². The Morgan fingerprint density at radius 2 is 1.76 bits per heavy atom. The highest BCUT2D eigenvalue weighted by Crippen LogP contribution is 2.29. The zero-order valence-corrected chi connectivity index (χ0v) is 19.6. The van der Waals surface area contributed by atoms with Gasteiger partial charge in [0.25, 0.3) is 0 Å². The standard InChI is InChI=1S/C26H32N4O3/c1-4-19-9-11-20(12-10-19)24-23(25(31)33-3)21(27-26(32)28-24)17-29-13-15-30(16-14-29)22-8-6-5-7-18(22)2/h5-12,24H,4,13-17H2,1-3H3,(H2,27,28,32). The summed E-state index contributed by atoms with van der Waals surface area (Å²) in [5, 5.41) is 5.78. The zero-order chi connectivity index (χ0) is 23.4. The Morgan fingerprint density at radius 3 is 2.39 bits per heavy atom. The number of anilines is 1. The number of amides is 2. The average Bonchev–Trinajstić information content (AvgIpc) is 2.84. The first-order valence-electron chi connectivity index (χ1n) is 11.5. The fourth-order valence-corrected chi connectivity index (χ4v) is 4.58. The molecule has 2 aliphatic rings. The van der Waals surface area contributed by atoms with E-state index in [9.17, 15) is 9.59 Å². The average molecular weight is 449 g/mol. The molecule has 2 N–H and O–H groups in total. The van der Waals surface area contributed by atoms with E-state index in [1.807, 2.05) is 24.3 Å². The Kier molecular flexibility index (Phi) is 6.99. The van der Waals surface area contributed by atoms with Gasteiger partial charge in [-0.2, -0.15) is 0 Å². The Bertz CT molecular complexity index is 1040. The van der Waals surface area contributed by atoms with Gasteiger partial charge in [0.1, 0.15) is 0 Å². The monoisotopic (exact) mass is 448 g/mol. The minimum absolute atomic E-state index is 0.305. The fourth-order valence-electron chi connectivity index (χ4n) is 4.58. The summed E-state index contributed by atoms with van der Waals surface area (Å²) in [5.74, 6) is -0.430. The molecule has 174 valence electrons. The molecule has 0 spiro atoms. The lowest BCUT2D eigenvalue weighted by Crippen LogP contribution is -2.51. The first kappa shape index (κ1) is 22.9. The van der Waals surface area contributed by atoms with Crippen LogP contribution in [0.2, 0.25) is 0 Å². The van der Waals surface area contributed by atoms with E-state index >= 15 is 0 Å². The molecule has 0 aliphatic carbocycles. The first-order chi connectivity index (χ1) is 16.0. The number of carbonyl (C=O) groups is 2. The summed E-state index contributed by atoms with van der Waals surface area (Å²) in [5.41, 5.74) is 5.67. The van der Waals surface area contributed by atoms with Crippen molar-refractivity contribution in [2.45, 2.75) is 26.3 Å². The highest BCUT2D eigenvalue weighted by molar-refractivity contribution is 5.95. The fraction of sp³-hybridized carbons (Fsp3) is 0.385. The van der Waals surface area contributed by atoms with Crippen LogP contribution in [0.25, 0.3) is 0 Å². The van der Waals surface area contributed by atoms with Crippen LogP contribution in [0.4, 0.5) is 10.5 Å². The number of methoxy groups -OCH3 is 1. The van der Waals surface area contributed by atoms with Crippen LogP contribution in [0.5, 0.6) is 0 Å². The van der Waals surface area contributed by atoms with E-state index in [0.29, 0.717) is 17.8 Å². The molecule has 2 amide bonds. The molecular formula is C26H32N4O3. The van der Waals surface area contributed by atoms with Crippen LogP contribution in [-0.2, 0) is 16.0 Å². The van der Waals surface area contributed by atoms with Crippen LogP contribution in [0.15, 0.2) is 59.8 Å². The van der Waals surface area contributed by atoms with E-state index in [4.69, 9.17) is 4.74 Å². The molecule has 4 rings (SSSR count). The number of benzene rings is 2. The van der Waals surface area contributed by atoms with Gasteiger partial charge in [-0.25, -0.2) is 9.59 Å². The number of urea groups is 1. The maximum Gasteiger partial charge on any atom is 0.338 e. The quantitative estimate of drug-likeness (QED) is 0.664. The van der Waals surface area contributed by atoms with Crippen molar-refractivity contribution in [1.82, 2.24) is 15.5 Å². The summed E-state index contributed by atoms with van der Waals surface area (Å²) < 4.78 is 5.11. The van der Waals surface area contributed by atoms with Gasteiger partial charge in [0.2, 0.25) is 0 Å². The largest absolute Gasteiger partial charge is 0.466 e. The molecular weight excluding hydrogens is 416 g/mol. The molecule has 7 heteroatoms. The summed E-state index contributed by atoms with van der Waals surface area (Å²) in [6.07, 6.45) is 0.929. The Hall–Kier alpha value is -3.32. The van der Waals surface area contributed by atoms with Crippen LogP contribution in [-0.4, -0.2) is 56.7 Å². The summed E-state index contributed by atoms with van der Waals surface area (Å²) in [4.78, 5) is 30.0. The van der Waals surface area contributed by atoms with Crippen molar-refractivity contribution >= 4 is 17.7 Å². The molecule has 7 nitrogen and oxygen atoms in total. The molecule has 1 atom stereocenters. The molecule has 2 aromatic carbocycles. The number of hydrogen-bond acceptors (Lipinski definition) is 5. The van der Waals surface area contributed by atoms with Crippen molar-refractivity contribution in [3.05, 3.63) is 76.5 Å². The molecule has 0 radical (unpaired) electrons. The third-order valence-corrected chi connectivity index (χ3v) is 6.49. The molecule has 1 unspecified atom stereocenters. The Labute approximate surface area is 195 Å². The summed E-state index contributed by atoms with van der Waals surface area (Å²) in [6, 6.07) is 15.6. The number of para-hydroxylation sites is 1. The number of nitrogens with zero attached hydrogens (tertiary/aromatic N) is 2. The number of aryl methyl sites for hydroxylation is 2. The van der Waals surface area contributed by atoms with Crippen LogP contribution < -0.4 is 15.5 Å². The number of nitrogens with one attached hydrogen (secondary N) is 2. The van der Waals surface area contributed by atoms with E-state index in [1.165, 1.54) is 23.9 Å². The first-order valence-corrected chi connectivity index (χ1v) is 11.5. The number of ether oxygens (including phenoxy) is 1. The Morgan fingerprint density at radius 1 is 1.06 bits per heavy atom. The minimum Gasteiger partial charge on any atom is -0.466 e. The van der Waals surface area contributed by atoms with Crippen molar-refractivity contribution in [1.29, 1.82) is 0 Å². The highest BCUT2D eigenvalue weighted by atomic mass is 16.5. The van der Waals surface area contributed by atoms with E-state index in [2.05, 4.69) is 58.5 Å². The Balaban J connectivity index is 1.54. The van der Waals surface area contributed by atoms with Crippen LogP contribution in [0.3, 0.4) is 0 Å². The van der Waals surface area contributed by atoms with E-state index in [1.54, 1.807) is 0 Å². The molecule has 1 fully saturated rings. The third-order valence-electron chi connectivity index (χ3n) is 6.49. The van der Waals surface area contributed by atoms with Gasteiger partial charge in [0.15, 0.2) is 0 Å². The van der Waals surface area contributed by atoms with Crippen LogP contribution in [0, 0.1) is 6.92 Å². The second kappa shape index (κ2) is 10.1. The molecule has 1 saturated heterocycles. The van der Waals surface area contributed by atoms with Gasteiger partial charge in [-0.3, -0.25) is 4.90 Å². The van der Waals surface area contributed by atoms with Crippen LogP contribution in [0.1, 0.15) is 29.7 Å². The van der Waals surface area contributed by atoms with Crippen molar-refractivity contribution < 1.29 is 14.3 Å². The van der Waals surface area contributed by atoms with Gasteiger partial charge in [0.05, 0.1) is 18.7 Å². The number of hydrogen-bond donors (Lipinski definition) is 2. The van der Waals surface area contributed by atoms with Crippen molar-refractivity contribution in [3.8, 4) is 0 Å². The summed E-state index contributed by atoms with van der Waals surface area (Å²) >= 11 is 0. The van der Waals surface area contributed by atoms with E-state index in [-0.39, 0.29) is 6.03 Å². The number of rotatable bonds is 6. The molecule has 2 heterocycles. The van der Waals surface area contributed by atoms with Crippen molar-refractivity contribution in [2.24, 2.45) is 0 Å². The summed E-state index contributed by atoms with van der Waals surface area (Å²) in [6.45, 7) is 8.17. The highest BCUT2D eigenvalue weighted by Gasteiger charge is 2.34. The van der Waals surface area contributed by atoms with Gasteiger partial charge in [-0.05, 0) is 36.1 Å². The van der Waals surface area contributed by atoms with Gasteiger partial charge < -0.3 is 20.3 Å². The molecule has 33 heavy (non-hydrogen) atoms. The normalized spacial score (nSPS) is 19.2. The SMILES string of the molecule is CCc1ccc(C2NC(=O)NC(CN3CCN(c4ccccc4C)CC3)=C2C(=O)OC)cc1. The predicted molar refractivity (Wildman–Crippen MR) is 129 cm³/mol. The molecule has 2 aromatic rings. The third kappa shape index (κ3) is 5.03. The molecule has 2 aliphatic heterocycles. The van der Waals surface area contributed by atoms with Gasteiger partial charge in [-0.15, -0.1) is 0 Å². The molecule has 0 bridgehead atoms. The van der Waals surface area contributed by atoms with Gasteiger partial charge >= 0.3 is 12.0 Å². The summed E-state index contributed by atoms with van der Waals surface area (Å²) in [7, 11) is 1.38. The lowest BCUT2D eigenvalue weighted by atomic mass is 9.94. The lowest BCUT2D eigenvalue weighted by Gasteiger charge is -2.38. The molecule has 0 aromatic heterocycles.